The molecule has 3 heterocycles. The van der Waals surface area contributed by atoms with Gasteiger partial charge >= 0.3 is 0 Å². The van der Waals surface area contributed by atoms with Crippen molar-refractivity contribution in [2.45, 2.75) is 19.9 Å². The Morgan fingerprint density at radius 2 is 2.00 bits per heavy atom. The lowest BCUT2D eigenvalue weighted by Crippen LogP contribution is -2.03. The van der Waals surface area contributed by atoms with Gasteiger partial charge in [-0.2, -0.15) is 0 Å². The normalized spacial score (nSPS) is 11.0. The summed E-state index contributed by atoms with van der Waals surface area (Å²) in [6.07, 6.45) is 2.59. The van der Waals surface area contributed by atoms with E-state index < -0.39 is 0 Å². The van der Waals surface area contributed by atoms with Crippen LogP contribution in [0.3, 0.4) is 0 Å². The minimum Gasteiger partial charge on any atom is -0.365 e. The molecule has 0 unspecified atom stereocenters. The SMILES string of the molecule is CCc1cc2c(NCc3ccccc3)nc(-c3ccno3)nc2s1. The monoisotopic (exact) mass is 336 g/mol. The molecule has 0 atom stereocenters. The molecule has 0 fully saturated rings. The van der Waals surface area contributed by atoms with E-state index in [0.29, 0.717) is 18.1 Å². The van der Waals surface area contributed by atoms with Crippen LogP contribution in [0.25, 0.3) is 21.8 Å². The zero-order chi connectivity index (χ0) is 16.4. The largest absolute Gasteiger partial charge is 0.365 e. The molecule has 0 spiro atoms. The van der Waals surface area contributed by atoms with Crippen molar-refractivity contribution in [1.82, 2.24) is 15.1 Å². The predicted octanol–water partition coefficient (Wildman–Crippen LogP) is 4.52. The maximum Gasteiger partial charge on any atom is 0.204 e. The summed E-state index contributed by atoms with van der Waals surface area (Å²) >= 11 is 1.69. The van der Waals surface area contributed by atoms with Gasteiger partial charge in [0.05, 0.1) is 11.6 Å². The van der Waals surface area contributed by atoms with Crippen LogP contribution in [-0.2, 0) is 13.0 Å². The lowest BCUT2D eigenvalue weighted by Gasteiger charge is -2.08. The Morgan fingerprint density at radius 3 is 2.75 bits per heavy atom. The van der Waals surface area contributed by atoms with E-state index in [1.54, 1.807) is 23.6 Å². The molecule has 5 nitrogen and oxygen atoms in total. The summed E-state index contributed by atoms with van der Waals surface area (Å²) in [5.74, 6) is 1.96. The van der Waals surface area contributed by atoms with Crippen molar-refractivity contribution in [3.8, 4) is 11.6 Å². The number of anilines is 1. The molecule has 0 saturated heterocycles. The molecule has 3 aromatic heterocycles. The number of hydrogen-bond acceptors (Lipinski definition) is 6. The number of thiophene rings is 1. The molecular formula is C18H16N4OS. The van der Waals surface area contributed by atoms with Crippen LogP contribution >= 0.6 is 11.3 Å². The first kappa shape index (κ1) is 14.8. The van der Waals surface area contributed by atoms with Crippen molar-refractivity contribution >= 4 is 27.4 Å². The van der Waals surface area contributed by atoms with Gasteiger partial charge in [0, 0.05) is 17.5 Å². The minimum absolute atomic E-state index is 0.556. The first-order valence-electron chi connectivity index (χ1n) is 7.83. The number of hydrogen-bond donors (Lipinski definition) is 1. The molecular weight excluding hydrogens is 320 g/mol. The Bertz CT molecular complexity index is 948. The van der Waals surface area contributed by atoms with Gasteiger partial charge in [0.2, 0.25) is 11.6 Å². The second-order valence-corrected chi connectivity index (χ2v) is 6.51. The highest BCUT2D eigenvalue weighted by Crippen LogP contribution is 2.31. The van der Waals surface area contributed by atoms with Gasteiger partial charge in [0.1, 0.15) is 10.6 Å². The number of benzene rings is 1. The van der Waals surface area contributed by atoms with Crippen molar-refractivity contribution in [2.75, 3.05) is 5.32 Å². The summed E-state index contributed by atoms with van der Waals surface area (Å²) in [6, 6.07) is 14.2. The zero-order valence-corrected chi connectivity index (χ0v) is 14.0. The lowest BCUT2D eigenvalue weighted by molar-refractivity contribution is 0.430. The van der Waals surface area contributed by atoms with Gasteiger partial charge in [-0.05, 0) is 18.1 Å². The molecule has 24 heavy (non-hydrogen) atoms. The highest BCUT2D eigenvalue weighted by Gasteiger charge is 2.14. The summed E-state index contributed by atoms with van der Waals surface area (Å²) < 4.78 is 5.22. The molecule has 4 aromatic rings. The maximum absolute atomic E-state index is 5.22. The molecule has 4 rings (SSSR count). The van der Waals surface area contributed by atoms with E-state index in [9.17, 15) is 0 Å². The van der Waals surface area contributed by atoms with Crippen molar-refractivity contribution < 1.29 is 4.52 Å². The summed E-state index contributed by atoms with van der Waals surface area (Å²) in [6.45, 7) is 2.85. The Morgan fingerprint density at radius 1 is 1.12 bits per heavy atom. The van der Waals surface area contributed by atoms with E-state index in [1.807, 2.05) is 18.2 Å². The summed E-state index contributed by atoms with van der Waals surface area (Å²) in [4.78, 5) is 11.5. The predicted molar refractivity (Wildman–Crippen MR) is 96.1 cm³/mol. The van der Waals surface area contributed by atoms with Crippen LogP contribution in [0.1, 0.15) is 17.4 Å². The van der Waals surface area contributed by atoms with Gasteiger partial charge in [0.25, 0.3) is 0 Å². The topological polar surface area (TPSA) is 63.8 Å². The Kier molecular flexibility index (Phi) is 3.96. The number of rotatable bonds is 5. The molecule has 120 valence electrons. The molecule has 0 radical (unpaired) electrons. The van der Waals surface area contributed by atoms with E-state index in [-0.39, 0.29) is 0 Å². The molecule has 0 aliphatic heterocycles. The van der Waals surface area contributed by atoms with Crippen molar-refractivity contribution in [3.05, 3.63) is 59.1 Å². The molecule has 1 N–H and O–H groups in total. The van der Waals surface area contributed by atoms with E-state index >= 15 is 0 Å². The first-order chi connectivity index (χ1) is 11.8. The third-order valence-corrected chi connectivity index (χ3v) is 4.93. The van der Waals surface area contributed by atoms with Gasteiger partial charge in [-0.3, -0.25) is 0 Å². The summed E-state index contributed by atoms with van der Waals surface area (Å²) in [5.41, 5.74) is 1.21. The van der Waals surface area contributed by atoms with Gasteiger partial charge < -0.3 is 9.84 Å². The standard InChI is InChI=1S/C18H16N4OS/c1-2-13-10-14-16(19-11-12-6-4-3-5-7-12)21-17(22-18(14)24-13)15-8-9-20-23-15/h3-10H,2,11H2,1H3,(H,19,21,22). The van der Waals surface area contributed by atoms with Crippen LogP contribution in [0.15, 0.2) is 53.2 Å². The number of fused-ring (bicyclic) bond motifs is 1. The molecule has 6 heteroatoms. The van der Waals surface area contributed by atoms with E-state index in [2.05, 4.69) is 45.6 Å². The van der Waals surface area contributed by atoms with Gasteiger partial charge in [0.15, 0.2) is 0 Å². The molecule has 0 aliphatic carbocycles. The van der Waals surface area contributed by atoms with Crippen LogP contribution in [-0.4, -0.2) is 15.1 Å². The second-order valence-electron chi connectivity index (χ2n) is 5.40. The summed E-state index contributed by atoms with van der Waals surface area (Å²) in [7, 11) is 0. The fourth-order valence-electron chi connectivity index (χ4n) is 2.50. The van der Waals surface area contributed by atoms with Crippen LogP contribution in [0, 0.1) is 0 Å². The molecule has 0 bridgehead atoms. The smallest absolute Gasteiger partial charge is 0.204 e. The third kappa shape index (κ3) is 2.88. The van der Waals surface area contributed by atoms with Crippen molar-refractivity contribution in [1.29, 1.82) is 0 Å². The number of aryl methyl sites for hydroxylation is 1. The molecule has 0 amide bonds. The first-order valence-corrected chi connectivity index (χ1v) is 8.64. The molecule has 0 aliphatic rings. The fraction of sp³-hybridized carbons (Fsp3) is 0.167. The van der Waals surface area contributed by atoms with Crippen LogP contribution in [0.4, 0.5) is 5.82 Å². The zero-order valence-electron chi connectivity index (χ0n) is 13.2. The number of nitrogens with one attached hydrogen (secondary N) is 1. The van der Waals surface area contributed by atoms with E-state index in [1.165, 1.54) is 10.4 Å². The summed E-state index contributed by atoms with van der Waals surface area (Å²) in [5, 5.41) is 8.24. The average Bonchev–Trinajstić information content (AvgIpc) is 3.29. The van der Waals surface area contributed by atoms with Crippen LogP contribution < -0.4 is 5.32 Å². The number of aromatic nitrogens is 3. The Labute approximate surface area is 143 Å². The van der Waals surface area contributed by atoms with Crippen molar-refractivity contribution in [3.63, 3.8) is 0 Å². The molecule has 0 saturated carbocycles. The average molecular weight is 336 g/mol. The highest BCUT2D eigenvalue weighted by molar-refractivity contribution is 7.18. The van der Waals surface area contributed by atoms with E-state index in [0.717, 1.165) is 22.5 Å². The van der Waals surface area contributed by atoms with Gasteiger partial charge in [-0.15, -0.1) is 11.3 Å². The maximum atomic E-state index is 5.22. The highest BCUT2D eigenvalue weighted by atomic mass is 32.1. The number of nitrogens with zero attached hydrogens (tertiary/aromatic N) is 3. The van der Waals surface area contributed by atoms with Gasteiger partial charge in [-0.1, -0.05) is 42.4 Å². The van der Waals surface area contributed by atoms with Gasteiger partial charge in [-0.25, -0.2) is 9.97 Å². The second kappa shape index (κ2) is 6.41. The molecule has 1 aromatic carbocycles. The minimum atomic E-state index is 0.556. The van der Waals surface area contributed by atoms with Crippen LogP contribution in [0.5, 0.6) is 0 Å². The fourth-order valence-corrected chi connectivity index (χ4v) is 3.47. The van der Waals surface area contributed by atoms with Crippen LogP contribution in [0.2, 0.25) is 0 Å². The lowest BCUT2D eigenvalue weighted by atomic mass is 10.2. The quantitative estimate of drug-likeness (QED) is 0.580. The van der Waals surface area contributed by atoms with Crippen molar-refractivity contribution in [2.24, 2.45) is 0 Å². The van der Waals surface area contributed by atoms with E-state index in [4.69, 9.17) is 4.52 Å². The Balaban J connectivity index is 1.75. The Hall–Kier alpha value is -2.73. The third-order valence-electron chi connectivity index (χ3n) is 3.75.